The zero-order chi connectivity index (χ0) is 30.3. The van der Waals surface area contributed by atoms with Gasteiger partial charge >= 0.3 is 0 Å². The van der Waals surface area contributed by atoms with Crippen LogP contribution in [0.3, 0.4) is 0 Å². The van der Waals surface area contributed by atoms with Crippen LogP contribution in [0.15, 0.2) is 66.7 Å². The van der Waals surface area contributed by atoms with E-state index in [1.165, 1.54) is 4.90 Å². The normalized spacial score (nSPS) is 12.9. The van der Waals surface area contributed by atoms with Gasteiger partial charge in [-0.15, -0.1) is 0 Å². The van der Waals surface area contributed by atoms with Crippen LogP contribution in [-0.2, 0) is 32.6 Å². The Morgan fingerprint density at radius 3 is 2.24 bits per heavy atom. The summed E-state index contributed by atoms with van der Waals surface area (Å²) < 4.78 is 27.0. The highest BCUT2D eigenvalue weighted by atomic mass is 35.5. The van der Waals surface area contributed by atoms with Crippen molar-refractivity contribution >= 4 is 62.3 Å². The van der Waals surface area contributed by atoms with Crippen molar-refractivity contribution in [1.82, 2.24) is 10.2 Å². The lowest BCUT2D eigenvalue weighted by atomic mass is 10.0. The summed E-state index contributed by atoms with van der Waals surface area (Å²) in [7, 11) is -3.92. The molecule has 11 heteroatoms. The summed E-state index contributed by atoms with van der Waals surface area (Å²) in [5.41, 5.74) is 2.18. The standard InChI is InChI=1S/C30H34Cl3N3O4S/c1-5-20(2)34-30(38)28(16-22-10-7-6-8-11-22)35(18-23-14-15-24(31)17-26(23)33)29(37)19-36(41(4,39)40)27-13-9-12-25(32)21(27)3/h6-15,17,20,28H,5,16,18-19H2,1-4H3,(H,34,38)/t20-,28+/m0/s1. The molecule has 41 heavy (non-hydrogen) atoms. The Kier molecular flexibility index (Phi) is 11.5. The summed E-state index contributed by atoms with van der Waals surface area (Å²) in [6, 6.07) is 18.0. The average Bonchev–Trinajstić information content (AvgIpc) is 2.91. The summed E-state index contributed by atoms with van der Waals surface area (Å²) in [6.07, 6.45) is 1.92. The van der Waals surface area contributed by atoms with Crippen molar-refractivity contribution in [3.63, 3.8) is 0 Å². The minimum absolute atomic E-state index is 0.0492. The number of carbonyl (C=O) groups is 2. The predicted molar refractivity (Wildman–Crippen MR) is 167 cm³/mol. The number of rotatable bonds is 12. The molecule has 0 aromatic heterocycles. The molecule has 7 nitrogen and oxygen atoms in total. The van der Waals surface area contributed by atoms with Crippen molar-refractivity contribution in [2.75, 3.05) is 17.1 Å². The van der Waals surface area contributed by atoms with Crippen LogP contribution in [0.25, 0.3) is 0 Å². The molecule has 0 spiro atoms. The van der Waals surface area contributed by atoms with Gasteiger partial charge in [0.25, 0.3) is 0 Å². The van der Waals surface area contributed by atoms with E-state index in [2.05, 4.69) is 5.32 Å². The van der Waals surface area contributed by atoms with Crippen LogP contribution in [-0.4, -0.2) is 50.0 Å². The van der Waals surface area contributed by atoms with Gasteiger partial charge in [-0.1, -0.05) is 84.2 Å². The van der Waals surface area contributed by atoms with Gasteiger partial charge in [0.1, 0.15) is 12.6 Å². The monoisotopic (exact) mass is 637 g/mol. The van der Waals surface area contributed by atoms with E-state index in [1.54, 1.807) is 43.3 Å². The van der Waals surface area contributed by atoms with Gasteiger partial charge < -0.3 is 10.2 Å². The van der Waals surface area contributed by atoms with Gasteiger partial charge in [-0.05, 0) is 61.2 Å². The second-order valence-corrected chi connectivity index (χ2v) is 13.1. The van der Waals surface area contributed by atoms with Crippen LogP contribution in [0.1, 0.15) is 37.0 Å². The van der Waals surface area contributed by atoms with Crippen molar-refractivity contribution in [2.45, 2.75) is 52.2 Å². The fourth-order valence-corrected chi connectivity index (χ4v) is 5.83. The third-order valence-electron chi connectivity index (χ3n) is 6.81. The maximum atomic E-state index is 14.2. The molecule has 0 bridgehead atoms. The minimum Gasteiger partial charge on any atom is -0.352 e. The quantitative estimate of drug-likeness (QED) is 0.253. The minimum atomic E-state index is -3.92. The van der Waals surface area contributed by atoms with E-state index in [4.69, 9.17) is 34.8 Å². The molecule has 0 aliphatic carbocycles. The largest absolute Gasteiger partial charge is 0.352 e. The molecular weight excluding hydrogens is 605 g/mol. The molecule has 0 aliphatic rings. The maximum Gasteiger partial charge on any atom is 0.244 e. The molecule has 0 unspecified atom stereocenters. The highest BCUT2D eigenvalue weighted by Gasteiger charge is 2.34. The average molecular weight is 639 g/mol. The van der Waals surface area contributed by atoms with E-state index in [-0.39, 0.29) is 30.6 Å². The van der Waals surface area contributed by atoms with Gasteiger partial charge in [0, 0.05) is 34.1 Å². The topological polar surface area (TPSA) is 86.8 Å². The number of benzene rings is 3. The molecule has 2 amide bonds. The third kappa shape index (κ3) is 8.85. The van der Waals surface area contributed by atoms with Crippen molar-refractivity contribution in [3.05, 3.63) is 98.5 Å². The summed E-state index contributed by atoms with van der Waals surface area (Å²) in [5, 5.41) is 4.10. The van der Waals surface area contributed by atoms with Crippen molar-refractivity contribution in [1.29, 1.82) is 0 Å². The summed E-state index contributed by atoms with van der Waals surface area (Å²) in [4.78, 5) is 29.3. The smallest absolute Gasteiger partial charge is 0.244 e. The van der Waals surface area contributed by atoms with Crippen molar-refractivity contribution < 1.29 is 18.0 Å². The number of sulfonamides is 1. The van der Waals surface area contributed by atoms with Gasteiger partial charge in [-0.3, -0.25) is 13.9 Å². The Hall–Kier alpha value is -2.78. The zero-order valence-electron chi connectivity index (χ0n) is 23.4. The van der Waals surface area contributed by atoms with E-state index in [9.17, 15) is 18.0 Å². The molecule has 3 aromatic carbocycles. The van der Waals surface area contributed by atoms with Crippen molar-refractivity contribution in [3.8, 4) is 0 Å². The molecule has 3 aromatic rings. The van der Waals surface area contributed by atoms with Crippen LogP contribution in [0, 0.1) is 6.92 Å². The number of anilines is 1. The van der Waals surface area contributed by atoms with Gasteiger partial charge in [0.15, 0.2) is 0 Å². The van der Waals surface area contributed by atoms with Gasteiger partial charge in [0.05, 0.1) is 11.9 Å². The summed E-state index contributed by atoms with van der Waals surface area (Å²) in [5.74, 6) is -0.937. The van der Waals surface area contributed by atoms with Crippen molar-refractivity contribution in [2.24, 2.45) is 0 Å². The molecule has 0 aliphatic heterocycles. The van der Waals surface area contributed by atoms with E-state index < -0.39 is 28.5 Å². The fraction of sp³-hybridized carbons (Fsp3) is 0.333. The lowest BCUT2D eigenvalue weighted by Gasteiger charge is -2.34. The van der Waals surface area contributed by atoms with E-state index in [1.807, 2.05) is 44.2 Å². The molecule has 0 radical (unpaired) electrons. The molecular formula is C30H34Cl3N3O4S. The van der Waals surface area contributed by atoms with E-state index in [0.29, 0.717) is 32.6 Å². The highest BCUT2D eigenvalue weighted by Crippen LogP contribution is 2.29. The van der Waals surface area contributed by atoms with Crippen LogP contribution < -0.4 is 9.62 Å². The lowest BCUT2D eigenvalue weighted by Crippen LogP contribution is -2.54. The molecule has 0 fully saturated rings. The molecule has 0 saturated carbocycles. The van der Waals surface area contributed by atoms with Gasteiger partial charge in [0.2, 0.25) is 21.8 Å². The predicted octanol–water partition coefficient (Wildman–Crippen LogP) is 6.28. The number of halogens is 3. The van der Waals surface area contributed by atoms with Gasteiger partial charge in [-0.25, -0.2) is 8.42 Å². The Morgan fingerprint density at radius 1 is 0.951 bits per heavy atom. The molecule has 0 heterocycles. The first-order valence-electron chi connectivity index (χ1n) is 13.1. The number of nitrogens with zero attached hydrogens (tertiary/aromatic N) is 2. The Balaban J connectivity index is 2.12. The van der Waals surface area contributed by atoms with Gasteiger partial charge in [-0.2, -0.15) is 0 Å². The molecule has 2 atom stereocenters. The zero-order valence-corrected chi connectivity index (χ0v) is 26.5. The molecule has 1 N–H and O–H groups in total. The van der Waals surface area contributed by atoms with Crippen LogP contribution >= 0.6 is 34.8 Å². The number of hydrogen-bond acceptors (Lipinski definition) is 4. The molecule has 3 rings (SSSR count). The first kappa shape index (κ1) is 32.7. The van der Waals surface area contributed by atoms with E-state index in [0.717, 1.165) is 16.1 Å². The Bertz CT molecular complexity index is 1490. The first-order valence-corrected chi connectivity index (χ1v) is 16.1. The highest BCUT2D eigenvalue weighted by molar-refractivity contribution is 7.92. The summed E-state index contributed by atoms with van der Waals surface area (Å²) in [6.45, 7) is 4.92. The number of carbonyl (C=O) groups excluding carboxylic acids is 2. The van der Waals surface area contributed by atoms with Crippen LogP contribution in [0.5, 0.6) is 0 Å². The van der Waals surface area contributed by atoms with E-state index >= 15 is 0 Å². The van der Waals surface area contributed by atoms with Crippen LogP contribution in [0.2, 0.25) is 15.1 Å². The second-order valence-electron chi connectivity index (χ2n) is 9.93. The number of amides is 2. The van der Waals surface area contributed by atoms with Crippen LogP contribution in [0.4, 0.5) is 5.69 Å². The Labute approximate surface area is 257 Å². The second kappa shape index (κ2) is 14.4. The Morgan fingerprint density at radius 2 is 1.63 bits per heavy atom. The SMILES string of the molecule is CC[C@H](C)NC(=O)[C@@H](Cc1ccccc1)N(Cc1ccc(Cl)cc1Cl)C(=O)CN(c1cccc(Cl)c1C)S(C)(=O)=O. The summed E-state index contributed by atoms with van der Waals surface area (Å²) >= 11 is 18.9. The first-order chi connectivity index (χ1) is 19.3. The fourth-order valence-electron chi connectivity index (χ4n) is 4.29. The molecule has 220 valence electrons. The third-order valence-corrected chi connectivity index (χ3v) is 8.94. The maximum absolute atomic E-state index is 14.2. The lowest BCUT2D eigenvalue weighted by molar-refractivity contribution is -0.140. The number of hydrogen-bond donors (Lipinski definition) is 1. The molecule has 0 saturated heterocycles. The number of nitrogens with one attached hydrogen (secondary N) is 1.